The maximum atomic E-state index is 9.59. The minimum absolute atomic E-state index is 0.0347. The Balaban J connectivity index is 2.39. The second kappa shape index (κ2) is 3.61. The molecule has 0 amide bonds. The molecular weight excluding hydrogens is 178 g/mol. The van der Waals surface area contributed by atoms with E-state index in [1.165, 1.54) is 0 Å². The number of benzene rings is 1. The number of fused-ring (bicyclic) bond motifs is 1. The molecule has 72 valence electrons. The number of hydrogen-bond acceptors (Lipinski definition) is 2. The normalized spacial score (nSPS) is 19.2. The maximum absolute atomic E-state index is 9.59. The summed E-state index contributed by atoms with van der Waals surface area (Å²) in [5.74, 6) is 0.594. The van der Waals surface area contributed by atoms with Crippen molar-refractivity contribution < 1.29 is 10.4 Å². The number of hydrogen-bond donors (Lipinski definition) is 2. The summed E-state index contributed by atoms with van der Waals surface area (Å²) in [6.07, 6.45) is 2.28. The van der Waals surface area contributed by atoms with Crippen molar-refractivity contribution in [3.8, 4) is 0 Å². The van der Waals surface area contributed by atoms with Crippen LogP contribution < -0.4 is 5.17 Å². The summed E-state index contributed by atoms with van der Waals surface area (Å²) in [7, 11) is 0. The van der Waals surface area contributed by atoms with Crippen molar-refractivity contribution in [2.75, 3.05) is 0 Å². The van der Waals surface area contributed by atoms with Gasteiger partial charge in [0.25, 0.3) is 0 Å². The first-order chi connectivity index (χ1) is 6.81. The zero-order chi connectivity index (χ0) is 9.97. The van der Waals surface area contributed by atoms with E-state index in [4.69, 9.17) is 0 Å². The van der Waals surface area contributed by atoms with Crippen LogP contribution in [0.1, 0.15) is 6.42 Å². The highest BCUT2D eigenvalue weighted by Gasteiger charge is 2.13. The summed E-state index contributed by atoms with van der Waals surface area (Å²) in [6, 6.07) is 7.37. The Bertz CT molecular complexity index is 387. The van der Waals surface area contributed by atoms with E-state index >= 15 is 0 Å². The Kier molecular flexibility index (Phi) is 2.30. The first-order valence-electron chi connectivity index (χ1n) is 4.37. The summed E-state index contributed by atoms with van der Waals surface area (Å²) in [4.78, 5) is 4.28. The Hall–Kier alpha value is -1.65. The quantitative estimate of drug-likeness (QED) is 0.680. The van der Waals surface area contributed by atoms with Gasteiger partial charge in [-0.2, -0.15) is 0 Å². The van der Waals surface area contributed by atoms with E-state index in [9.17, 15) is 5.21 Å². The predicted molar refractivity (Wildman–Crippen MR) is 54.1 cm³/mol. The van der Waals surface area contributed by atoms with Crippen LogP contribution in [0.2, 0.25) is 0 Å². The van der Waals surface area contributed by atoms with Gasteiger partial charge in [-0.05, 0) is 12.3 Å². The van der Waals surface area contributed by atoms with Crippen molar-refractivity contribution in [3.63, 3.8) is 0 Å². The number of rotatable bonds is 2. The van der Waals surface area contributed by atoms with Gasteiger partial charge in [0.1, 0.15) is 0 Å². The fraction of sp³-hybridized carbons (Fsp3) is 0.100. The molecule has 1 unspecified atom stereocenters. The molecule has 14 heavy (non-hydrogen) atoms. The zero-order valence-corrected chi connectivity index (χ0v) is 7.64. The molecule has 0 saturated heterocycles. The Morgan fingerprint density at radius 3 is 3.07 bits per heavy atom. The molecule has 0 aromatic heterocycles. The van der Waals surface area contributed by atoms with Gasteiger partial charge >= 0.3 is 0 Å². The minimum Gasteiger partial charge on any atom is -0.430 e. The highest BCUT2D eigenvalue weighted by molar-refractivity contribution is 5.97. The summed E-state index contributed by atoms with van der Waals surface area (Å²) in [5, 5.41) is 9.63. The Morgan fingerprint density at radius 1 is 1.50 bits per heavy atom. The van der Waals surface area contributed by atoms with Crippen molar-refractivity contribution in [1.82, 2.24) is 0 Å². The summed E-state index contributed by atoms with van der Waals surface area (Å²) in [6.45, 7) is 3.60. The molecule has 1 atom stereocenters. The average molecular weight is 189 g/mol. The molecule has 1 aromatic rings. The van der Waals surface area contributed by atoms with Crippen LogP contribution in [0, 0.1) is 0 Å². The standard InChI is InChI=1S/C10H11N3O/c1-2-5-10-11-8-6-3-4-7-9(8)13(14)12-10/h2-4,6-7,13-14H,1,5H2. The van der Waals surface area contributed by atoms with Crippen LogP contribution in [0.4, 0.5) is 11.4 Å². The summed E-state index contributed by atoms with van der Waals surface area (Å²) < 4.78 is 0. The van der Waals surface area contributed by atoms with E-state index in [1.54, 1.807) is 12.1 Å². The minimum atomic E-state index is 0.0347. The SMILES string of the molecule is C=CCC1=Nc2ccccc2[NH+](O)[N-]1. The van der Waals surface area contributed by atoms with Crippen LogP contribution in [-0.4, -0.2) is 11.0 Å². The zero-order valence-electron chi connectivity index (χ0n) is 7.64. The molecule has 0 spiro atoms. The van der Waals surface area contributed by atoms with Crippen LogP contribution in [0.15, 0.2) is 41.9 Å². The molecule has 4 heteroatoms. The molecule has 2 N–H and O–H groups in total. The van der Waals surface area contributed by atoms with Crippen molar-refractivity contribution in [3.05, 3.63) is 42.3 Å². The van der Waals surface area contributed by atoms with Crippen LogP contribution in [0.3, 0.4) is 0 Å². The van der Waals surface area contributed by atoms with Gasteiger partial charge in [0.2, 0.25) is 0 Å². The summed E-state index contributed by atoms with van der Waals surface area (Å²) in [5.41, 5.74) is 5.41. The monoisotopic (exact) mass is 189 g/mol. The van der Waals surface area contributed by atoms with Gasteiger partial charge < -0.3 is 4.99 Å². The molecule has 0 saturated carbocycles. The number of para-hydroxylation sites is 2. The average Bonchev–Trinajstić information content (AvgIpc) is 2.18. The van der Waals surface area contributed by atoms with Crippen molar-refractivity contribution in [2.24, 2.45) is 4.99 Å². The Morgan fingerprint density at radius 2 is 2.29 bits per heavy atom. The van der Waals surface area contributed by atoms with Crippen molar-refractivity contribution in [1.29, 1.82) is 0 Å². The lowest BCUT2D eigenvalue weighted by molar-refractivity contribution is -0.998. The molecule has 1 aliphatic heterocycles. The molecule has 0 aliphatic carbocycles. The van der Waals surface area contributed by atoms with E-state index in [-0.39, 0.29) is 5.17 Å². The van der Waals surface area contributed by atoms with Crippen LogP contribution in [-0.2, 0) is 0 Å². The number of nitrogens with one attached hydrogen (secondary N) is 1. The number of amidine groups is 1. The smallest absolute Gasteiger partial charge is 0.177 e. The fourth-order valence-corrected chi connectivity index (χ4v) is 1.33. The van der Waals surface area contributed by atoms with Gasteiger partial charge in [-0.1, -0.05) is 24.3 Å². The van der Waals surface area contributed by atoms with Gasteiger partial charge in [-0.15, -0.1) is 11.8 Å². The molecule has 1 heterocycles. The van der Waals surface area contributed by atoms with Crippen LogP contribution in [0.5, 0.6) is 0 Å². The van der Waals surface area contributed by atoms with E-state index < -0.39 is 0 Å². The predicted octanol–water partition coefficient (Wildman–Crippen LogP) is 1.50. The molecule has 0 radical (unpaired) electrons. The van der Waals surface area contributed by atoms with Crippen molar-refractivity contribution >= 4 is 17.2 Å². The van der Waals surface area contributed by atoms with Crippen LogP contribution >= 0.6 is 0 Å². The van der Waals surface area contributed by atoms with Gasteiger partial charge in [0, 0.05) is 11.8 Å². The van der Waals surface area contributed by atoms with E-state index in [2.05, 4.69) is 17.0 Å². The van der Waals surface area contributed by atoms with Gasteiger partial charge in [-0.25, -0.2) is 10.6 Å². The molecule has 1 aromatic carbocycles. The third kappa shape index (κ3) is 1.53. The van der Waals surface area contributed by atoms with Gasteiger partial charge in [0.05, 0.1) is 0 Å². The molecule has 0 fully saturated rings. The fourth-order valence-electron chi connectivity index (χ4n) is 1.33. The van der Waals surface area contributed by atoms with Gasteiger partial charge in [-0.3, -0.25) is 0 Å². The van der Waals surface area contributed by atoms with Crippen LogP contribution in [0.25, 0.3) is 5.43 Å². The maximum Gasteiger partial charge on any atom is 0.177 e. The molecule has 2 rings (SSSR count). The van der Waals surface area contributed by atoms with Crippen molar-refractivity contribution in [2.45, 2.75) is 6.42 Å². The first-order valence-corrected chi connectivity index (χ1v) is 4.37. The van der Waals surface area contributed by atoms with E-state index in [0.29, 0.717) is 17.9 Å². The first kappa shape index (κ1) is 8.93. The van der Waals surface area contributed by atoms with Gasteiger partial charge in [0.15, 0.2) is 5.69 Å². The molecule has 0 bridgehead atoms. The topological polar surface area (TPSA) is 51.1 Å². The Labute approximate surface area is 82.1 Å². The molecule has 1 aliphatic rings. The third-order valence-corrected chi connectivity index (χ3v) is 1.96. The second-order valence-corrected chi connectivity index (χ2v) is 2.97. The highest BCUT2D eigenvalue weighted by Crippen LogP contribution is 2.24. The van der Waals surface area contributed by atoms with E-state index in [0.717, 1.165) is 5.69 Å². The lowest BCUT2D eigenvalue weighted by atomic mass is 10.2. The molecular formula is C10H11N3O. The second-order valence-electron chi connectivity index (χ2n) is 2.97. The third-order valence-electron chi connectivity index (χ3n) is 1.96. The lowest BCUT2D eigenvalue weighted by Gasteiger charge is -2.27. The number of aliphatic imine (C=N–C) groups is 1. The van der Waals surface area contributed by atoms with E-state index in [1.807, 2.05) is 18.2 Å². The summed E-state index contributed by atoms with van der Waals surface area (Å²) >= 11 is 0. The largest absolute Gasteiger partial charge is 0.430 e. The number of nitrogens with zero attached hydrogens (tertiary/aromatic N) is 2. The lowest BCUT2D eigenvalue weighted by Crippen LogP contribution is -3.01. The molecule has 4 nitrogen and oxygen atoms in total. The number of quaternary nitrogens is 1. The highest BCUT2D eigenvalue weighted by atomic mass is 16.5.